The van der Waals surface area contributed by atoms with Gasteiger partial charge in [-0.15, -0.1) is 0 Å². The first-order valence-corrected chi connectivity index (χ1v) is 3.68. The van der Waals surface area contributed by atoms with E-state index in [2.05, 4.69) is 12.2 Å². The fraction of sp³-hybridized carbons (Fsp3) is 0.500. The van der Waals surface area contributed by atoms with Gasteiger partial charge in [-0.25, -0.2) is 8.78 Å². The van der Waals surface area contributed by atoms with Crippen LogP contribution < -0.4 is 0 Å². The van der Waals surface area contributed by atoms with Gasteiger partial charge in [0.15, 0.2) is 4.77 Å². The number of hydrogen-bond donors (Lipinski definition) is 0. The van der Waals surface area contributed by atoms with Crippen LogP contribution in [0.2, 0.25) is 0 Å². The number of aromatic nitrogens is 2. The Morgan fingerprint density at radius 2 is 1.92 bits per heavy atom. The molecular formula is C6H6F4N2S. The topological polar surface area (TPSA) is 9.86 Å². The van der Waals surface area contributed by atoms with E-state index < -0.39 is 12.5 Å². The zero-order valence-corrected chi connectivity index (χ0v) is 7.36. The number of aryl methyl sites for hydroxylation is 1. The molecular weight excluding hydrogens is 208 g/mol. The number of hydrogen-bond acceptors (Lipinski definition) is 1. The molecule has 0 spiro atoms. The number of rotatable bonds is 2. The van der Waals surface area contributed by atoms with E-state index in [9.17, 15) is 17.6 Å². The van der Waals surface area contributed by atoms with Crippen LogP contribution >= 0.6 is 12.2 Å². The van der Waals surface area contributed by atoms with Crippen molar-refractivity contribution in [3.8, 4) is 0 Å². The molecule has 7 heteroatoms. The maximum Gasteiger partial charge on any atom is 0.391 e. The highest BCUT2D eigenvalue weighted by Gasteiger charge is 2.43. The summed E-state index contributed by atoms with van der Waals surface area (Å²) < 4.78 is 50.0. The van der Waals surface area contributed by atoms with Crippen molar-refractivity contribution < 1.29 is 17.6 Å². The Hall–Kier alpha value is -0.850. The fourth-order valence-electron chi connectivity index (χ4n) is 0.796. The van der Waals surface area contributed by atoms with Gasteiger partial charge in [0.1, 0.15) is 0 Å². The van der Waals surface area contributed by atoms with E-state index in [-0.39, 0.29) is 9.34 Å². The monoisotopic (exact) mass is 214 g/mol. The summed E-state index contributed by atoms with van der Waals surface area (Å²) in [4.78, 5) is 0. The second-order valence-corrected chi connectivity index (χ2v) is 2.82. The summed E-state index contributed by atoms with van der Waals surface area (Å²) in [7, 11) is 1.40. The molecule has 2 nitrogen and oxygen atoms in total. The summed E-state index contributed by atoms with van der Waals surface area (Å²) in [6.07, 6.45) is -1.74. The zero-order valence-electron chi connectivity index (χ0n) is 6.55. The van der Waals surface area contributed by atoms with Crippen LogP contribution in [0.25, 0.3) is 0 Å². The standard InChI is InChI=1S/C6H6F4N2S/c1-11-2-3-12(5(11)13)6(9,10)4(7)8/h2-4H,1H3. The van der Waals surface area contributed by atoms with E-state index in [1.165, 1.54) is 13.2 Å². The van der Waals surface area contributed by atoms with Gasteiger partial charge in [-0.1, -0.05) is 0 Å². The van der Waals surface area contributed by atoms with Gasteiger partial charge in [0.25, 0.3) is 0 Å². The van der Waals surface area contributed by atoms with Gasteiger partial charge in [-0.2, -0.15) is 8.78 Å². The van der Waals surface area contributed by atoms with Crippen LogP contribution in [0.4, 0.5) is 17.6 Å². The van der Waals surface area contributed by atoms with Crippen molar-refractivity contribution in [3.63, 3.8) is 0 Å². The lowest BCUT2D eigenvalue weighted by Gasteiger charge is -2.15. The van der Waals surface area contributed by atoms with Crippen molar-refractivity contribution in [3.05, 3.63) is 17.2 Å². The molecule has 0 radical (unpaired) electrons. The van der Waals surface area contributed by atoms with E-state index in [0.29, 0.717) is 0 Å². The molecule has 0 aliphatic heterocycles. The van der Waals surface area contributed by atoms with E-state index in [4.69, 9.17) is 0 Å². The molecule has 0 aliphatic rings. The van der Waals surface area contributed by atoms with Crippen molar-refractivity contribution in [1.29, 1.82) is 0 Å². The Labute approximate surface area is 76.4 Å². The Bertz CT molecular complexity index is 354. The predicted octanol–water partition coefficient (Wildman–Crippen LogP) is 2.37. The third-order valence-electron chi connectivity index (χ3n) is 1.53. The highest BCUT2D eigenvalue weighted by molar-refractivity contribution is 7.71. The SMILES string of the molecule is Cn1ccn(C(F)(F)C(F)F)c1=S. The average molecular weight is 214 g/mol. The van der Waals surface area contributed by atoms with Crippen LogP contribution in [-0.2, 0) is 13.1 Å². The van der Waals surface area contributed by atoms with E-state index in [1.54, 1.807) is 0 Å². The maximum atomic E-state index is 12.7. The molecule has 0 N–H and O–H groups in total. The summed E-state index contributed by atoms with van der Waals surface area (Å²) in [6.45, 7) is 0. The number of imidazole rings is 1. The predicted molar refractivity (Wildman–Crippen MR) is 40.4 cm³/mol. The van der Waals surface area contributed by atoms with Gasteiger partial charge in [0.2, 0.25) is 0 Å². The lowest BCUT2D eigenvalue weighted by molar-refractivity contribution is -0.190. The molecule has 0 saturated heterocycles. The van der Waals surface area contributed by atoms with Gasteiger partial charge in [-0.05, 0) is 12.2 Å². The van der Waals surface area contributed by atoms with Crippen LogP contribution in [0.15, 0.2) is 12.4 Å². The molecule has 0 fully saturated rings. The fourth-order valence-corrected chi connectivity index (χ4v) is 1.04. The van der Waals surface area contributed by atoms with Crippen LogP contribution in [0.3, 0.4) is 0 Å². The van der Waals surface area contributed by atoms with E-state index >= 15 is 0 Å². The number of halogens is 4. The third kappa shape index (κ3) is 1.60. The minimum absolute atomic E-state index is 0.0764. The summed E-state index contributed by atoms with van der Waals surface area (Å²) in [6, 6.07) is -4.24. The number of nitrogens with zero attached hydrogens (tertiary/aromatic N) is 2. The molecule has 0 aliphatic carbocycles. The second kappa shape index (κ2) is 3.13. The van der Waals surface area contributed by atoms with Crippen molar-refractivity contribution >= 4 is 12.2 Å². The van der Waals surface area contributed by atoms with Gasteiger partial charge >= 0.3 is 12.5 Å². The first-order valence-electron chi connectivity index (χ1n) is 3.27. The van der Waals surface area contributed by atoms with Crippen LogP contribution in [-0.4, -0.2) is 15.6 Å². The molecule has 1 aromatic rings. The highest BCUT2D eigenvalue weighted by Crippen LogP contribution is 2.28. The summed E-state index contributed by atoms with van der Waals surface area (Å²) in [5.74, 6) is 0. The van der Waals surface area contributed by atoms with E-state index in [0.717, 1.165) is 10.8 Å². The average Bonchev–Trinajstić information content (AvgIpc) is 2.33. The molecule has 74 valence electrons. The molecule has 1 rings (SSSR count). The Morgan fingerprint density at radius 3 is 2.23 bits per heavy atom. The molecule has 1 heterocycles. The first-order chi connectivity index (χ1) is 5.87. The van der Waals surface area contributed by atoms with Gasteiger partial charge in [0, 0.05) is 19.4 Å². The van der Waals surface area contributed by atoms with Gasteiger partial charge in [-0.3, -0.25) is 4.57 Å². The second-order valence-electron chi connectivity index (χ2n) is 2.45. The van der Waals surface area contributed by atoms with Crippen LogP contribution in [0.1, 0.15) is 0 Å². The molecule has 0 atom stereocenters. The zero-order chi connectivity index (χ0) is 10.2. The Balaban J connectivity index is 3.23. The molecule has 0 saturated carbocycles. The van der Waals surface area contributed by atoms with Crippen LogP contribution in [0, 0.1) is 4.77 Å². The van der Waals surface area contributed by atoms with Crippen LogP contribution in [0.5, 0.6) is 0 Å². The largest absolute Gasteiger partial charge is 0.391 e. The van der Waals surface area contributed by atoms with Gasteiger partial charge in [0.05, 0.1) is 0 Å². The number of alkyl halides is 4. The maximum absolute atomic E-state index is 12.7. The summed E-state index contributed by atoms with van der Waals surface area (Å²) in [5.41, 5.74) is 0. The summed E-state index contributed by atoms with van der Waals surface area (Å²) in [5, 5.41) is 0. The smallest absolute Gasteiger partial charge is 0.327 e. The minimum Gasteiger partial charge on any atom is -0.327 e. The molecule has 0 amide bonds. The normalized spacial score (nSPS) is 12.5. The lowest BCUT2D eigenvalue weighted by atomic mass is 10.5. The molecule has 13 heavy (non-hydrogen) atoms. The Kier molecular flexibility index (Phi) is 2.47. The molecule has 0 bridgehead atoms. The van der Waals surface area contributed by atoms with Crippen molar-refractivity contribution in [2.45, 2.75) is 12.5 Å². The quantitative estimate of drug-likeness (QED) is 0.542. The molecule has 0 aromatic carbocycles. The third-order valence-corrected chi connectivity index (χ3v) is 2.02. The minimum atomic E-state index is -4.24. The van der Waals surface area contributed by atoms with Crippen molar-refractivity contribution in [2.75, 3.05) is 0 Å². The molecule has 0 unspecified atom stereocenters. The Morgan fingerprint density at radius 1 is 1.38 bits per heavy atom. The molecule has 1 aromatic heterocycles. The van der Waals surface area contributed by atoms with Gasteiger partial charge < -0.3 is 4.57 Å². The first kappa shape index (κ1) is 10.2. The van der Waals surface area contributed by atoms with E-state index in [1.807, 2.05) is 0 Å². The van der Waals surface area contributed by atoms with Crippen molar-refractivity contribution in [2.24, 2.45) is 7.05 Å². The lowest BCUT2D eigenvalue weighted by Crippen LogP contribution is -2.31. The highest BCUT2D eigenvalue weighted by atomic mass is 32.1. The summed E-state index contributed by atoms with van der Waals surface area (Å²) >= 11 is 4.51. The van der Waals surface area contributed by atoms with Crippen molar-refractivity contribution in [1.82, 2.24) is 9.13 Å².